The zero-order valence-electron chi connectivity index (χ0n) is 18.7. The van der Waals surface area contributed by atoms with Crippen molar-refractivity contribution in [3.63, 3.8) is 0 Å². The van der Waals surface area contributed by atoms with E-state index in [-0.39, 0.29) is 22.8 Å². The van der Waals surface area contributed by atoms with Gasteiger partial charge in [-0.05, 0) is 36.4 Å². The number of hydrogen-bond acceptors (Lipinski definition) is 6. The van der Waals surface area contributed by atoms with Gasteiger partial charge in [0, 0.05) is 23.8 Å². The van der Waals surface area contributed by atoms with E-state index in [1.165, 1.54) is 32.4 Å². The highest BCUT2D eigenvalue weighted by molar-refractivity contribution is 5.96. The highest BCUT2D eigenvalue weighted by Gasteiger charge is 2.20. The summed E-state index contributed by atoms with van der Waals surface area (Å²) in [6, 6.07) is 17.9. The Morgan fingerprint density at radius 1 is 0.912 bits per heavy atom. The van der Waals surface area contributed by atoms with Crippen molar-refractivity contribution in [1.29, 1.82) is 0 Å². The fourth-order valence-corrected chi connectivity index (χ4v) is 3.52. The number of para-hydroxylation sites is 2. The van der Waals surface area contributed by atoms with Crippen molar-refractivity contribution in [2.45, 2.75) is 0 Å². The average molecular weight is 463 g/mol. The van der Waals surface area contributed by atoms with E-state index < -0.39 is 5.97 Å². The van der Waals surface area contributed by atoms with E-state index in [9.17, 15) is 14.3 Å². The van der Waals surface area contributed by atoms with Gasteiger partial charge in [0.25, 0.3) is 0 Å². The van der Waals surface area contributed by atoms with Crippen LogP contribution in [0.15, 0.2) is 66.7 Å². The lowest BCUT2D eigenvalue weighted by atomic mass is 10.1. The molecule has 8 nitrogen and oxygen atoms in total. The molecule has 0 amide bonds. The molecule has 9 heteroatoms. The molecule has 1 aromatic heterocycles. The molecule has 4 aromatic rings. The monoisotopic (exact) mass is 463 g/mol. The number of nitrogens with one attached hydrogen (secondary N) is 1. The Hall–Kier alpha value is -4.53. The van der Waals surface area contributed by atoms with Crippen LogP contribution in [0.5, 0.6) is 17.2 Å². The van der Waals surface area contributed by atoms with Crippen LogP contribution in [0.3, 0.4) is 0 Å². The van der Waals surface area contributed by atoms with Crippen LogP contribution in [-0.2, 0) is 0 Å². The number of carboxylic acid groups (broad SMARTS) is 1. The number of rotatable bonds is 8. The maximum atomic E-state index is 13.5. The standard InChI is InChI=1S/C25H22FN3O5/c1-32-21-7-5-4-6-20(21)29-24(14-18(28-29)15-8-10-16(26)11-9-15)27-19-13-23(34-3)22(33-2)12-17(19)25(30)31/h4-14,27H,1-3H3,(H,30,31). The highest BCUT2D eigenvalue weighted by Crippen LogP contribution is 2.37. The number of anilines is 2. The fraction of sp³-hybridized carbons (Fsp3) is 0.120. The first-order valence-corrected chi connectivity index (χ1v) is 10.2. The van der Waals surface area contributed by atoms with Gasteiger partial charge in [-0.1, -0.05) is 12.1 Å². The number of carbonyl (C=O) groups is 1. The van der Waals surface area contributed by atoms with Gasteiger partial charge in [-0.15, -0.1) is 0 Å². The van der Waals surface area contributed by atoms with Crippen LogP contribution in [0.2, 0.25) is 0 Å². The largest absolute Gasteiger partial charge is 0.494 e. The van der Waals surface area contributed by atoms with Crippen molar-refractivity contribution in [2.24, 2.45) is 0 Å². The normalized spacial score (nSPS) is 10.6. The summed E-state index contributed by atoms with van der Waals surface area (Å²) >= 11 is 0. The molecule has 0 aliphatic heterocycles. The second-order valence-corrected chi connectivity index (χ2v) is 7.19. The van der Waals surface area contributed by atoms with Crippen LogP contribution in [0.4, 0.5) is 15.9 Å². The van der Waals surface area contributed by atoms with Crippen LogP contribution in [0.25, 0.3) is 16.9 Å². The van der Waals surface area contributed by atoms with E-state index in [2.05, 4.69) is 10.4 Å². The Kier molecular flexibility index (Phi) is 6.35. The van der Waals surface area contributed by atoms with Gasteiger partial charge < -0.3 is 24.6 Å². The van der Waals surface area contributed by atoms with Crippen LogP contribution in [-0.4, -0.2) is 42.2 Å². The third-order valence-corrected chi connectivity index (χ3v) is 5.18. The van der Waals surface area contributed by atoms with Gasteiger partial charge in [0.2, 0.25) is 0 Å². The number of carboxylic acids is 1. The first kappa shape index (κ1) is 22.7. The predicted molar refractivity (Wildman–Crippen MR) is 125 cm³/mol. The quantitative estimate of drug-likeness (QED) is 0.373. The lowest BCUT2D eigenvalue weighted by Gasteiger charge is -2.16. The Balaban J connectivity index is 1.89. The number of halogens is 1. The predicted octanol–water partition coefficient (Wildman–Crippen LogP) is 5.15. The summed E-state index contributed by atoms with van der Waals surface area (Å²) in [6.45, 7) is 0. The molecule has 3 aromatic carbocycles. The van der Waals surface area contributed by atoms with Crippen LogP contribution in [0, 0.1) is 5.82 Å². The molecule has 0 saturated heterocycles. The van der Waals surface area contributed by atoms with Crippen molar-refractivity contribution < 1.29 is 28.5 Å². The van der Waals surface area contributed by atoms with Gasteiger partial charge >= 0.3 is 5.97 Å². The number of nitrogens with zero attached hydrogens (tertiary/aromatic N) is 2. The summed E-state index contributed by atoms with van der Waals surface area (Å²) < 4.78 is 31.1. The minimum Gasteiger partial charge on any atom is -0.494 e. The van der Waals surface area contributed by atoms with Gasteiger partial charge in [0.1, 0.15) is 23.1 Å². The minimum absolute atomic E-state index is 0.0197. The second kappa shape index (κ2) is 9.53. The average Bonchev–Trinajstić information content (AvgIpc) is 3.27. The zero-order valence-corrected chi connectivity index (χ0v) is 18.7. The summed E-state index contributed by atoms with van der Waals surface area (Å²) in [5, 5.41) is 17.6. The molecule has 34 heavy (non-hydrogen) atoms. The van der Waals surface area contributed by atoms with E-state index in [4.69, 9.17) is 14.2 Å². The lowest BCUT2D eigenvalue weighted by molar-refractivity contribution is 0.0697. The van der Waals surface area contributed by atoms with Gasteiger partial charge in [0.15, 0.2) is 11.5 Å². The maximum Gasteiger partial charge on any atom is 0.337 e. The Morgan fingerprint density at radius 3 is 2.21 bits per heavy atom. The molecule has 0 saturated carbocycles. The first-order chi connectivity index (χ1) is 16.4. The molecular formula is C25H22FN3O5. The summed E-state index contributed by atoms with van der Waals surface area (Å²) in [6.07, 6.45) is 0. The molecule has 174 valence electrons. The van der Waals surface area contributed by atoms with Crippen LogP contribution in [0.1, 0.15) is 10.4 Å². The summed E-state index contributed by atoms with van der Waals surface area (Å²) in [7, 11) is 4.45. The number of ether oxygens (including phenoxy) is 3. The molecular weight excluding hydrogens is 441 g/mol. The molecule has 0 bridgehead atoms. The Labute approximate surface area is 195 Å². The summed E-state index contributed by atoms with van der Waals surface area (Å²) in [4.78, 5) is 12.0. The minimum atomic E-state index is -1.15. The van der Waals surface area contributed by atoms with E-state index >= 15 is 0 Å². The van der Waals surface area contributed by atoms with Crippen molar-refractivity contribution in [2.75, 3.05) is 26.6 Å². The van der Waals surface area contributed by atoms with E-state index in [1.807, 2.05) is 18.2 Å². The third-order valence-electron chi connectivity index (χ3n) is 5.18. The van der Waals surface area contributed by atoms with Gasteiger partial charge in [-0.25, -0.2) is 13.9 Å². The third kappa shape index (κ3) is 4.36. The molecule has 4 rings (SSSR count). The van der Waals surface area contributed by atoms with E-state index in [0.29, 0.717) is 34.3 Å². The topological polar surface area (TPSA) is 94.8 Å². The molecule has 0 unspecified atom stereocenters. The molecule has 0 aliphatic rings. The van der Waals surface area contributed by atoms with Crippen LogP contribution >= 0.6 is 0 Å². The number of aromatic nitrogens is 2. The Morgan fingerprint density at radius 2 is 1.56 bits per heavy atom. The van der Waals surface area contributed by atoms with Crippen molar-refractivity contribution in [3.8, 4) is 34.2 Å². The van der Waals surface area contributed by atoms with Crippen molar-refractivity contribution in [3.05, 3.63) is 78.1 Å². The first-order valence-electron chi connectivity index (χ1n) is 10.2. The van der Waals surface area contributed by atoms with Crippen molar-refractivity contribution >= 4 is 17.5 Å². The maximum absolute atomic E-state index is 13.5. The van der Waals surface area contributed by atoms with Crippen LogP contribution < -0.4 is 19.5 Å². The van der Waals surface area contributed by atoms with Crippen molar-refractivity contribution in [1.82, 2.24) is 9.78 Å². The molecule has 2 N–H and O–H groups in total. The Bertz CT molecular complexity index is 1340. The molecule has 1 heterocycles. The number of hydrogen-bond donors (Lipinski definition) is 2. The smallest absolute Gasteiger partial charge is 0.337 e. The molecule has 0 aliphatic carbocycles. The van der Waals surface area contributed by atoms with Gasteiger partial charge in [-0.3, -0.25) is 0 Å². The second-order valence-electron chi connectivity index (χ2n) is 7.19. The number of benzene rings is 3. The fourth-order valence-electron chi connectivity index (χ4n) is 3.52. The zero-order chi connectivity index (χ0) is 24.2. The van der Waals surface area contributed by atoms with E-state index in [0.717, 1.165) is 0 Å². The summed E-state index contributed by atoms with van der Waals surface area (Å²) in [5.74, 6) is 0.157. The molecule has 0 spiro atoms. The highest BCUT2D eigenvalue weighted by atomic mass is 19.1. The molecule has 0 fully saturated rings. The SMILES string of the molecule is COc1cc(Nc2cc(-c3ccc(F)cc3)nn2-c2ccccc2OC)c(C(=O)O)cc1OC. The number of aromatic carboxylic acids is 1. The molecule has 0 atom stereocenters. The summed E-state index contributed by atoms with van der Waals surface area (Å²) in [5.41, 5.74) is 2.11. The van der Waals surface area contributed by atoms with Gasteiger partial charge in [-0.2, -0.15) is 5.10 Å². The number of methoxy groups -OCH3 is 3. The lowest BCUT2D eigenvalue weighted by Crippen LogP contribution is -2.08. The van der Waals surface area contributed by atoms with Gasteiger partial charge in [0.05, 0.1) is 38.3 Å². The molecule has 0 radical (unpaired) electrons. The van der Waals surface area contributed by atoms with E-state index in [1.54, 1.807) is 42.1 Å².